The summed E-state index contributed by atoms with van der Waals surface area (Å²) in [6.07, 6.45) is 2.18. The number of halogens is 1. The van der Waals surface area contributed by atoms with Gasteiger partial charge >= 0.3 is 0 Å². The minimum atomic E-state index is 0. The minimum Gasteiger partial charge on any atom is -0.373 e. The van der Waals surface area contributed by atoms with Crippen molar-refractivity contribution in [3.05, 3.63) is 18.3 Å². The van der Waals surface area contributed by atoms with Gasteiger partial charge in [0.1, 0.15) is 5.82 Å². The van der Waals surface area contributed by atoms with Crippen LogP contribution in [0, 0.1) is 11.3 Å². The third kappa shape index (κ3) is 5.92. The first-order chi connectivity index (χ1) is 8.32. The molecule has 1 rings (SSSR count). The number of anilines is 2. The van der Waals surface area contributed by atoms with Crippen molar-refractivity contribution >= 4 is 29.8 Å². The molecule has 108 valence electrons. The van der Waals surface area contributed by atoms with Crippen LogP contribution in [0.1, 0.15) is 34.1 Å². The second-order valence-electron chi connectivity index (χ2n) is 5.70. The van der Waals surface area contributed by atoms with Crippen molar-refractivity contribution in [1.82, 2.24) is 4.98 Å². The first kappa shape index (κ1) is 17.7. The lowest BCUT2D eigenvalue weighted by Crippen LogP contribution is -2.23. The van der Waals surface area contributed by atoms with Gasteiger partial charge in [0, 0.05) is 13.5 Å². The molecule has 1 aromatic heterocycles. The van der Waals surface area contributed by atoms with Crippen LogP contribution in [0.5, 0.6) is 0 Å². The van der Waals surface area contributed by atoms with Crippen LogP contribution in [0.25, 0.3) is 0 Å². The number of nitrogens with one attached hydrogen (secondary N) is 2. The van der Waals surface area contributed by atoms with Crippen LogP contribution < -0.4 is 10.6 Å². The van der Waals surface area contributed by atoms with E-state index in [9.17, 15) is 4.79 Å². The van der Waals surface area contributed by atoms with Gasteiger partial charge in [0.25, 0.3) is 0 Å². The lowest BCUT2D eigenvalue weighted by molar-refractivity contribution is -0.117. The molecule has 0 radical (unpaired) electrons. The summed E-state index contributed by atoms with van der Waals surface area (Å²) in [5, 5.41) is 5.80. The Hall–Kier alpha value is -1.29. The number of aromatic nitrogens is 1. The Balaban J connectivity index is 0.00000324. The van der Waals surface area contributed by atoms with Crippen LogP contribution in [-0.2, 0) is 4.79 Å². The van der Waals surface area contributed by atoms with Crippen LogP contribution in [0.3, 0.4) is 0 Å². The van der Waals surface area contributed by atoms with Gasteiger partial charge in [0.15, 0.2) is 0 Å². The highest BCUT2D eigenvalue weighted by molar-refractivity contribution is 5.90. The van der Waals surface area contributed by atoms with Crippen molar-refractivity contribution in [2.75, 3.05) is 17.7 Å². The molecule has 0 aliphatic carbocycles. The number of carbonyl (C=O) groups excluding carboxylic acids is 1. The second-order valence-corrected chi connectivity index (χ2v) is 5.70. The van der Waals surface area contributed by atoms with E-state index in [1.54, 1.807) is 6.20 Å². The average Bonchev–Trinajstić information content (AvgIpc) is 2.28. The van der Waals surface area contributed by atoms with E-state index in [0.29, 0.717) is 12.3 Å². The van der Waals surface area contributed by atoms with Crippen LogP contribution in [0.2, 0.25) is 0 Å². The largest absolute Gasteiger partial charge is 0.373 e. The summed E-state index contributed by atoms with van der Waals surface area (Å²) in [5.41, 5.74) is 0.881. The van der Waals surface area contributed by atoms with E-state index < -0.39 is 0 Å². The number of carbonyl (C=O) groups is 1. The molecule has 1 unspecified atom stereocenters. The van der Waals surface area contributed by atoms with E-state index in [1.165, 1.54) is 0 Å². The topological polar surface area (TPSA) is 54.0 Å². The van der Waals surface area contributed by atoms with Gasteiger partial charge in [-0.15, -0.1) is 12.4 Å². The van der Waals surface area contributed by atoms with E-state index in [-0.39, 0.29) is 23.7 Å². The lowest BCUT2D eigenvalue weighted by atomic mass is 9.80. The molecule has 1 amide bonds. The zero-order valence-electron chi connectivity index (χ0n) is 12.3. The molecule has 0 bridgehead atoms. The van der Waals surface area contributed by atoms with E-state index in [1.807, 2.05) is 19.2 Å². The molecule has 0 aliphatic heterocycles. The van der Waals surface area contributed by atoms with Gasteiger partial charge in [-0.05, 0) is 23.5 Å². The highest BCUT2D eigenvalue weighted by Gasteiger charge is 2.22. The van der Waals surface area contributed by atoms with Gasteiger partial charge in [0.2, 0.25) is 5.91 Å². The summed E-state index contributed by atoms with van der Waals surface area (Å²) in [7, 11) is 1.81. The van der Waals surface area contributed by atoms with Gasteiger partial charge in [-0.3, -0.25) is 4.79 Å². The molecule has 19 heavy (non-hydrogen) atoms. The van der Waals surface area contributed by atoms with Gasteiger partial charge in [-0.2, -0.15) is 0 Å². The molecule has 2 N–H and O–H groups in total. The van der Waals surface area contributed by atoms with Gasteiger partial charge in [-0.1, -0.05) is 27.7 Å². The maximum atomic E-state index is 11.9. The molecule has 0 spiro atoms. The zero-order valence-corrected chi connectivity index (χ0v) is 13.1. The number of nitrogens with zero attached hydrogens (tertiary/aromatic N) is 1. The van der Waals surface area contributed by atoms with E-state index in [2.05, 4.69) is 43.3 Å². The first-order valence-corrected chi connectivity index (χ1v) is 6.26. The van der Waals surface area contributed by atoms with Crippen LogP contribution in [0.4, 0.5) is 11.5 Å². The highest BCUT2D eigenvalue weighted by Crippen LogP contribution is 2.28. The molecule has 1 aromatic rings. The Morgan fingerprint density at radius 2 is 2.00 bits per heavy atom. The molecule has 0 saturated heterocycles. The molecule has 5 heteroatoms. The van der Waals surface area contributed by atoms with Crippen molar-refractivity contribution in [3.63, 3.8) is 0 Å². The van der Waals surface area contributed by atoms with Crippen LogP contribution in [-0.4, -0.2) is 17.9 Å². The maximum absolute atomic E-state index is 11.9. The van der Waals surface area contributed by atoms with Crippen LogP contribution in [0.15, 0.2) is 18.3 Å². The molecule has 4 nitrogen and oxygen atoms in total. The summed E-state index contributed by atoms with van der Waals surface area (Å²) in [6, 6.07) is 3.68. The fourth-order valence-corrected chi connectivity index (χ4v) is 1.41. The Morgan fingerprint density at radius 1 is 1.37 bits per heavy atom. The second kappa shape index (κ2) is 7.34. The number of rotatable bonds is 4. The summed E-state index contributed by atoms with van der Waals surface area (Å²) < 4.78 is 0. The maximum Gasteiger partial charge on any atom is 0.224 e. The van der Waals surface area contributed by atoms with E-state index in [4.69, 9.17) is 0 Å². The Bertz CT molecular complexity index is 398. The monoisotopic (exact) mass is 285 g/mol. The molecule has 0 saturated carbocycles. The van der Waals surface area contributed by atoms with Gasteiger partial charge in [0.05, 0.1) is 11.9 Å². The molecular formula is C14H24ClN3O. The summed E-state index contributed by atoms with van der Waals surface area (Å²) >= 11 is 0. The quantitative estimate of drug-likeness (QED) is 0.889. The summed E-state index contributed by atoms with van der Waals surface area (Å²) in [4.78, 5) is 16.0. The molecular weight excluding hydrogens is 262 g/mol. The van der Waals surface area contributed by atoms with Gasteiger partial charge < -0.3 is 10.6 Å². The number of pyridine rings is 1. The third-order valence-electron chi connectivity index (χ3n) is 3.27. The number of amides is 1. The fourth-order valence-electron chi connectivity index (χ4n) is 1.41. The predicted octanol–water partition coefficient (Wildman–Crippen LogP) is 3.56. The smallest absolute Gasteiger partial charge is 0.224 e. The molecule has 0 aliphatic rings. The van der Waals surface area contributed by atoms with Crippen molar-refractivity contribution in [1.29, 1.82) is 0 Å². The van der Waals surface area contributed by atoms with E-state index >= 15 is 0 Å². The Kier molecular flexibility index (Phi) is 6.84. The van der Waals surface area contributed by atoms with Crippen molar-refractivity contribution in [3.8, 4) is 0 Å². The SMILES string of the molecule is CNc1ccc(NC(=O)CC(C)C(C)(C)C)cn1.Cl. The van der Waals surface area contributed by atoms with Crippen LogP contribution >= 0.6 is 12.4 Å². The fraction of sp³-hybridized carbons (Fsp3) is 0.571. The third-order valence-corrected chi connectivity index (χ3v) is 3.27. The van der Waals surface area contributed by atoms with Gasteiger partial charge in [-0.25, -0.2) is 4.98 Å². The predicted molar refractivity (Wildman–Crippen MR) is 82.9 cm³/mol. The molecule has 0 aromatic carbocycles. The normalized spacial score (nSPS) is 12.3. The first-order valence-electron chi connectivity index (χ1n) is 6.26. The number of hydrogen-bond acceptors (Lipinski definition) is 3. The molecule has 1 heterocycles. The summed E-state index contributed by atoms with van der Waals surface area (Å²) in [6.45, 7) is 8.54. The summed E-state index contributed by atoms with van der Waals surface area (Å²) in [5.74, 6) is 1.16. The van der Waals surface area contributed by atoms with Crippen molar-refractivity contribution in [2.24, 2.45) is 11.3 Å². The lowest BCUT2D eigenvalue weighted by Gasteiger charge is -2.26. The average molecular weight is 286 g/mol. The van der Waals surface area contributed by atoms with Crippen molar-refractivity contribution in [2.45, 2.75) is 34.1 Å². The Labute approximate surface area is 121 Å². The Morgan fingerprint density at radius 3 is 2.42 bits per heavy atom. The highest BCUT2D eigenvalue weighted by atomic mass is 35.5. The van der Waals surface area contributed by atoms with E-state index in [0.717, 1.165) is 11.5 Å². The standard InChI is InChI=1S/C14H23N3O.ClH/c1-10(14(2,3)4)8-13(18)17-11-6-7-12(15-5)16-9-11;/h6-7,9-10H,8H2,1-5H3,(H,15,16)(H,17,18);1H. The van der Waals surface area contributed by atoms with Crippen molar-refractivity contribution < 1.29 is 4.79 Å². The molecule has 1 atom stereocenters. The molecule has 0 fully saturated rings. The zero-order chi connectivity index (χ0) is 13.8. The number of hydrogen-bond donors (Lipinski definition) is 2. The minimum absolute atomic E-state index is 0.